The van der Waals surface area contributed by atoms with E-state index in [4.69, 9.17) is 0 Å². The molecule has 1 aromatic rings. The molecule has 1 nitrogen and oxygen atoms in total. The average molecular weight is 510 g/mol. The summed E-state index contributed by atoms with van der Waals surface area (Å²) < 4.78 is 173. The van der Waals surface area contributed by atoms with Crippen molar-refractivity contribution >= 4 is 0 Å². The molecule has 1 N–H and O–H groups in total. The number of aliphatic hydroxyl groups is 1. The second-order valence-electron chi connectivity index (χ2n) is 7.63. The molecule has 1 aromatic carbocycles. The Balaban J connectivity index is 3.40. The van der Waals surface area contributed by atoms with E-state index in [1.807, 2.05) is 0 Å². The second-order valence-corrected chi connectivity index (χ2v) is 7.63. The maximum atomic E-state index is 14.3. The summed E-state index contributed by atoms with van der Waals surface area (Å²) in [4.78, 5) is 0. The predicted octanol–water partition coefficient (Wildman–Crippen LogP) is 7.61. The minimum absolute atomic E-state index is 0.0251. The molecule has 14 heteroatoms. The van der Waals surface area contributed by atoms with E-state index in [-0.39, 0.29) is 12.8 Å². The van der Waals surface area contributed by atoms with Gasteiger partial charge in [0, 0.05) is 0 Å². The topological polar surface area (TPSA) is 20.2 Å². The van der Waals surface area contributed by atoms with Gasteiger partial charge < -0.3 is 5.11 Å². The monoisotopic (exact) mass is 510 g/mol. The molecule has 3 unspecified atom stereocenters. The molecule has 33 heavy (non-hydrogen) atoms. The van der Waals surface area contributed by atoms with Gasteiger partial charge in [0.1, 0.15) is 0 Å². The third-order valence-corrected chi connectivity index (χ3v) is 5.46. The molecule has 1 rings (SSSR count). The number of halogens is 13. The molecule has 0 aromatic heterocycles. The van der Waals surface area contributed by atoms with Gasteiger partial charge in [0.05, 0.1) is 12.0 Å². The van der Waals surface area contributed by atoms with E-state index >= 15 is 0 Å². The molecule has 0 saturated carbocycles. The Labute approximate surface area is 179 Å². The Morgan fingerprint density at radius 3 is 1.36 bits per heavy atom. The predicted molar refractivity (Wildman–Crippen MR) is 90.1 cm³/mol. The highest BCUT2D eigenvalue weighted by Gasteiger charge is 2.91. The van der Waals surface area contributed by atoms with Crippen LogP contribution in [0.15, 0.2) is 24.3 Å². The van der Waals surface area contributed by atoms with Gasteiger partial charge in [0.15, 0.2) is 0 Å². The van der Waals surface area contributed by atoms with Crippen LogP contribution in [0, 0.1) is 5.92 Å². The van der Waals surface area contributed by atoms with Crippen LogP contribution >= 0.6 is 0 Å². The molecule has 0 heterocycles. The van der Waals surface area contributed by atoms with Crippen molar-refractivity contribution in [3.63, 3.8) is 0 Å². The van der Waals surface area contributed by atoms with E-state index in [9.17, 15) is 62.2 Å². The lowest BCUT2D eigenvalue weighted by molar-refractivity contribution is -0.444. The molecule has 3 atom stereocenters. The van der Waals surface area contributed by atoms with Crippen LogP contribution in [0.1, 0.15) is 50.3 Å². The summed E-state index contributed by atoms with van der Waals surface area (Å²) in [5.41, 5.74) is 0.0690. The summed E-state index contributed by atoms with van der Waals surface area (Å²) in [5, 5.41) is 9.96. The van der Waals surface area contributed by atoms with Crippen molar-refractivity contribution in [2.75, 3.05) is 0 Å². The largest absolute Gasteiger partial charge is 0.460 e. The van der Waals surface area contributed by atoms with Gasteiger partial charge in [-0.1, -0.05) is 45.0 Å². The van der Waals surface area contributed by atoms with Crippen molar-refractivity contribution < 1.29 is 62.2 Å². The highest BCUT2D eigenvalue weighted by molar-refractivity contribution is 5.27. The first-order chi connectivity index (χ1) is 14.5. The normalized spacial score (nSPS) is 17.6. The van der Waals surface area contributed by atoms with E-state index in [1.54, 1.807) is 13.8 Å². The molecule has 0 aliphatic heterocycles. The van der Waals surface area contributed by atoms with Gasteiger partial charge in [-0.25, -0.2) is 0 Å². The number of hydrogen-bond acceptors (Lipinski definition) is 1. The van der Waals surface area contributed by atoms with Crippen LogP contribution in [-0.4, -0.2) is 40.9 Å². The van der Waals surface area contributed by atoms with Crippen LogP contribution in [0.5, 0.6) is 0 Å². The molecule has 0 saturated heterocycles. The van der Waals surface area contributed by atoms with Gasteiger partial charge in [-0.3, -0.25) is 0 Å². The summed E-state index contributed by atoms with van der Waals surface area (Å²) in [7, 11) is 0. The molecular formula is C19H19F13O. The van der Waals surface area contributed by atoms with Crippen LogP contribution in [-0.2, 0) is 0 Å². The smallest absolute Gasteiger partial charge is 0.388 e. The summed E-state index contributed by atoms with van der Waals surface area (Å²) >= 11 is 0. The fourth-order valence-corrected chi connectivity index (χ4v) is 2.81. The van der Waals surface area contributed by atoms with Crippen molar-refractivity contribution in [2.45, 2.75) is 75.0 Å². The summed E-state index contributed by atoms with van der Waals surface area (Å²) in [6.45, 7) is 3.56. The number of aliphatic hydroxyl groups excluding tert-OH is 1. The van der Waals surface area contributed by atoms with Crippen LogP contribution in [0.25, 0.3) is 0 Å². The minimum Gasteiger partial charge on any atom is -0.388 e. The molecule has 0 spiro atoms. The van der Waals surface area contributed by atoms with Crippen molar-refractivity contribution in [3.05, 3.63) is 35.4 Å². The summed E-state index contributed by atoms with van der Waals surface area (Å²) in [5.74, 6) is -40.8. The van der Waals surface area contributed by atoms with Crippen LogP contribution < -0.4 is 0 Å². The van der Waals surface area contributed by atoms with E-state index in [0.717, 1.165) is 12.1 Å². The molecule has 0 fully saturated rings. The Morgan fingerprint density at radius 2 is 1.00 bits per heavy atom. The molecular weight excluding hydrogens is 491 g/mol. The number of alkyl halides is 13. The van der Waals surface area contributed by atoms with Crippen molar-refractivity contribution in [3.8, 4) is 0 Å². The van der Waals surface area contributed by atoms with E-state index in [2.05, 4.69) is 0 Å². The fraction of sp³-hybridized carbons (Fsp3) is 0.684. The zero-order valence-electron chi connectivity index (χ0n) is 17.1. The highest BCUT2D eigenvalue weighted by Crippen LogP contribution is 2.61. The van der Waals surface area contributed by atoms with Gasteiger partial charge >= 0.3 is 35.8 Å². The standard InChI is InChI=1S/C19H19F13O/c1-4-9(2)11-5-7-12(8-6-11)13(33)10(3)14(20,21)15(22,23)16(24,25)17(26,27)18(28,29)19(30,31)32/h5-10,13,33H,4H2,1-3H3. The third-order valence-electron chi connectivity index (χ3n) is 5.46. The van der Waals surface area contributed by atoms with Crippen LogP contribution in [0.3, 0.4) is 0 Å². The zero-order chi connectivity index (χ0) is 26.4. The van der Waals surface area contributed by atoms with Crippen LogP contribution in [0.4, 0.5) is 57.1 Å². The number of rotatable bonds is 9. The van der Waals surface area contributed by atoms with E-state index in [0.29, 0.717) is 12.0 Å². The lowest BCUT2D eigenvalue weighted by Gasteiger charge is -2.42. The minimum atomic E-state index is -7.96. The van der Waals surface area contributed by atoms with Gasteiger partial charge in [-0.05, 0) is 23.5 Å². The number of hydrogen-bond donors (Lipinski definition) is 1. The summed E-state index contributed by atoms with van der Waals surface area (Å²) in [6, 6.07) is 4.48. The van der Waals surface area contributed by atoms with Gasteiger partial charge in [0.25, 0.3) is 0 Å². The van der Waals surface area contributed by atoms with Crippen molar-refractivity contribution in [1.29, 1.82) is 0 Å². The average Bonchev–Trinajstić information content (AvgIpc) is 2.70. The molecule has 0 bridgehead atoms. The Kier molecular flexibility index (Phi) is 7.82. The van der Waals surface area contributed by atoms with Gasteiger partial charge in [-0.15, -0.1) is 0 Å². The van der Waals surface area contributed by atoms with E-state index in [1.165, 1.54) is 12.1 Å². The first kappa shape index (κ1) is 29.3. The molecule has 192 valence electrons. The fourth-order valence-electron chi connectivity index (χ4n) is 2.81. The molecule has 0 aliphatic carbocycles. The van der Waals surface area contributed by atoms with Gasteiger partial charge in [-0.2, -0.15) is 57.1 Å². The first-order valence-electron chi connectivity index (χ1n) is 9.26. The molecule has 0 aliphatic rings. The van der Waals surface area contributed by atoms with Crippen LogP contribution in [0.2, 0.25) is 0 Å². The second kappa shape index (κ2) is 8.81. The Morgan fingerprint density at radius 1 is 0.636 bits per heavy atom. The number of benzene rings is 1. The Hall–Kier alpha value is -1.73. The third kappa shape index (κ3) is 4.51. The first-order valence-corrected chi connectivity index (χ1v) is 9.26. The van der Waals surface area contributed by atoms with Crippen molar-refractivity contribution in [2.24, 2.45) is 5.92 Å². The van der Waals surface area contributed by atoms with Gasteiger partial charge in [0.2, 0.25) is 0 Å². The zero-order valence-corrected chi connectivity index (χ0v) is 17.1. The lowest BCUT2D eigenvalue weighted by atomic mass is 9.83. The Bertz CT molecular complexity index is 799. The van der Waals surface area contributed by atoms with E-state index < -0.39 is 53.4 Å². The van der Waals surface area contributed by atoms with Crippen molar-refractivity contribution in [1.82, 2.24) is 0 Å². The quantitative estimate of drug-likeness (QED) is 0.339. The maximum absolute atomic E-state index is 14.3. The molecule has 0 radical (unpaired) electrons. The SMILES string of the molecule is CCC(C)c1ccc(C(O)C(C)C(F)(F)C(F)(F)C(F)(F)C(F)(F)C(F)(F)C(F)(F)F)cc1. The highest BCUT2D eigenvalue weighted by atomic mass is 19.4. The molecule has 0 amide bonds. The maximum Gasteiger partial charge on any atom is 0.460 e. The lowest BCUT2D eigenvalue weighted by Crippen LogP contribution is -2.71. The summed E-state index contributed by atoms with van der Waals surface area (Å²) in [6.07, 6.45) is -9.55.